The minimum absolute atomic E-state index is 0. The van der Waals surface area contributed by atoms with Gasteiger partial charge in [0.2, 0.25) is 0 Å². The molecule has 1 N–H and O–H groups in total. The van der Waals surface area contributed by atoms with Gasteiger partial charge in [0, 0.05) is 6.54 Å². The van der Waals surface area contributed by atoms with Crippen LogP contribution >= 0.6 is 12.4 Å². The smallest absolute Gasteiger partial charge is 0.0723 e. The maximum absolute atomic E-state index is 5.81. The summed E-state index contributed by atoms with van der Waals surface area (Å²) in [6.07, 6.45) is 1.56. The molecule has 1 aliphatic rings. The van der Waals surface area contributed by atoms with E-state index in [1.807, 2.05) is 0 Å². The van der Waals surface area contributed by atoms with Gasteiger partial charge in [-0.25, -0.2) is 0 Å². The zero-order chi connectivity index (χ0) is 9.80. The fourth-order valence-corrected chi connectivity index (χ4v) is 1.75. The highest BCUT2D eigenvalue weighted by molar-refractivity contribution is 5.85. The molecule has 1 aromatic rings. The number of hydrogen-bond donors (Lipinski definition) is 1. The maximum atomic E-state index is 5.81. The highest BCUT2D eigenvalue weighted by Crippen LogP contribution is 2.11. The van der Waals surface area contributed by atoms with Gasteiger partial charge >= 0.3 is 0 Å². The summed E-state index contributed by atoms with van der Waals surface area (Å²) in [5.74, 6) is 0. The monoisotopic (exact) mass is 227 g/mol. The van der Waals surface area contributed by atoms with E-state index in [1.165, 1.54) is 11.1 Å². The molecule has 1 saturated heterocycles. The Bertz CT molecular complexity index is 297. The van der Waals surface area contributed by atoms with Crippen LogP contribution in [0.2, 0.25) is 0 Å². The molecule has 1 aliphatic heterocycles. The minimum atomic E-state index is 0. The standard InChI is InChI=1S/C12H17NO.ClH/c1-10-4-2-3-5-11(10)9-14-12-6-7-13-8-12;/h2-5,12-13H,6-9H2,1H3;1H. The van der Waals surface area contributed by atoms with Gasteiger partial charge in [-0.05, 0) is 31.0 Å². The lowest BCUT2D eigenvalue weighted by Crippen LogP contribution is -2.16. The first-order valence-corrected chi connectivity index (χ1v) is 5.23. The van der Waals surface area contributed by atoms with Crippen molar-refractivity contribution >= 4 is 12.4 Å². The van der Waals surface area contributed by atoms with Crippen molar-refractivity contribution in [1.29, 1.82) is 0 Å². The fraction of sp³-hybridized carbons (Fsp3) is 0.500. The van der Waals surface area contributed by atoms with Crippen molar-refractivity contribution in [3.8, 4) is 0 Å². The number of benzene rings is 1. The van der Waals surface area contributed by atoms with Gasteiger partial charge in [0.15, 0.2) is 0 Å². The maximum Gasteiger partial charge on any atom is 0.0723 e. The van der Waals surface area contributed by atoms with E-state index in [0.717, 1.165) is 26.1 Å². The summed E-state index contributed by atoms with van der Waals surface area (Å²) >= 11 is 0. The predicted octanol–water partition coefficient (Wildman–Crippen LogP) is 2.30. The fourth-order valence-electron chi connectivity index (χ4n) is 1.75. The lowest BCUT2D eigenvalue weighted by atomic mass is 10.1. The van der Waals surface area contributed by atoms with Gasteiger partial charge < -0.3 is 10.1 Å². The molecule has 0 bridgehead atoms. The quantitative estimate of drug-likeness (QED) is 0.856. The number of halogens is 1. The van der Waals surface area contributed by atoms with Gasteiger partial charge in [0.25, 0.3) is 0 Å². The Morgan fingerprint density at radius 3 is 2.87 bits per heavy atom. The third kappa shape index (κ3) is 3.49. The average Bonchev–Trinajstić information content (AvgIpc) is 2.69. The Morgan fingerprint density at radius 1 is 1.40 bits per heavy atom. The van der Waals surface area contributed by atoms with E-state index in [-0.39, 0.29) is 12.4 Å². The van der Waals surface area contributed by atoms with Crippen LogP contribution in [-0.4, -0.2) is 19.2 Å². The molecule has 0 saturated carbocycles. The van der Waals surface area contributed by atoms with Gasteiger partial charge in [-0.2, -0.15) is 0 Å². The zero-order valence-electron chi connectivity index (χ0n) is 9.03. The molecule has 3 heteroatoms. The molecule has 0 spiro atoms. The topological polar surface area (TPSA) is 21.3 Å². The normalized spacial score (nSPS) is 19.9. The third-order valence-electron chi connectivity index (χ3n) is 2.75. The Morgan fingerprint density at radius 2 is 2.20 bits per heavy atom. The number of nitrogens with one attached hydrogen (secondary N) is 1. The Kier molecular flexibility index (Phi) is 5.09. The van der Waals surface area contributed by atoms with Gasteiger partial charge in [-0.3, -0.25) is 0 Å². The van der Waals surface area contributed by atoms with Gasteiger partial charge in [-0.1, -0.05) is 24.3 Å². The molecule has 1 heterocycles. The number of rotatable bonds is 3. The summed E-state index contributed by atoms with van der Waals surface area (Å²) in [6, 6.07) is 8.40. The summed E-state index contributed by atoms with van der Waals surface area (Å²) in [5, 5.41) is 3.30. The largest absolute Gasteiger partial charge is 0.372 e. The number of aryl methyl sites for hydroxylation is 1. The second-order valence-electron chi connectivity index (χ2n) is 3.85. The highest BCUT2D eigenvalue weighted by Gasteiger charge is 2.14. The Hall–Kier alpha value is -0.570. The van der Waals surface area contributed by atoms with Crippen molar-refractivity contribution in [3.63, 3.8) is 0 Å². The average molecular weight is 228 g/mol. The van der Waals surface area contributed by atoms with Gasteiger partial charge in [0.05, 0.1) is 12.7 Å². The van der Waals surface area contributed by atoms with Crippen LogP contribution in [0.25, 0.3) is 0 Å². The van der Waals surface area contributed by atoms with Crippen LogP contribution in [0.3, 0.4) is 0 Å². The van der Waals surface area contributed by atoms with E-state index >= 15 is 0 Å². The molecule has 0 aromatic heterocycles. The number of hydrogen-bond acceptors (Lipinski definition) is 2. The van der Waals surface area contributed by atoms with E-state index in [2.05, 4.69) is 36.5 Å². The van der Waals surface area contributed by atoms with E-state index in [1.54, 1.807) is 0 Å². The van der Waals surface area contributed by atoms with Crippen molar-refractivity contribution in [2.24, 2.45) is 0 Å². The van der Waals surface area contributed by atoms with Crippen molar-refractivity contribution in [2.75, 3.05) is 13.1 Å². The molecule has 1 atom stereocenters. The molecular weight excluding hydrogens is 210 g/mol. The summed E-state index contributed by atoms with van der Waals surface area (Å²) in [4.78, 5) is 0. The van der Waals surface area contributed by atoms with E-state index in [0.29, 0.717) is 6.10 Å². The molecule has 0 radical (unpaired) electrons. The lowest BCUT2D eigenvalue weighted by molar-refractivity contribution is 0.0539. The summed E-state index contributed by atoms with van der Waals surface area (Å²) in [7, 11) is 0. The summed E-state index contributed by atoms with van der Waals surface area (Å²) in [6.45, 7) is 4.98. The van der Waals surface area contributed by atoms with Gasteiger partial charge in [0.1, 0.15) is 0 Å². The predicted molar refractivity (Wildman–Crippen MR) is 64.5 cm³/mol. The zero-order valence-corrected chi connectivity index (χ0v) is 9.85. The van der Waals surface area contributed by atoms with E-state index < -0.39 is 0 Å². The van der Waals surface area contributed by atoms with Crippen LogP contribution in [0.4, 0.5) is 0 Å². The van der Waals surface area contributed by atoms with Crippen LogP contribution in [0.1, 0.15) is 17.5 Å². The Labute approximate surface area is 97.4 Å². The molecule has 15 heavy (non-hydrogen) atoms. The molecule has 84 valence electrons. The molecule has 1 aromatic carbocycles. The highest BCUT2D eigenvalue weighted by atomic mass is 35.5. The number of ether oxygens (including phenoxy) is 1. The van der Waals surface area contributed by atoms with Gasteiger partial charge in [-0.15, -0.1) is 12.4 Å². The second kappa shape index (κ2) is 6.11. The van der Waals surface area contributed by atoms with Crippen LogP contribution in [0.5, 0.6) is 0 Å². The van der Waals surface area contributed by atoms with Crippen LogP contribution < -0.4 is 5.32 Å². The first kappa shape index (κ1) is 12.5. The second-order valence-corrected chi connectivity index (χ2v) is 3.85. The summed E-state index contributed by atoms with van der Waals surface area (Å²) < 4.78 is 5.81. The molecule has 1 fully saturated rings. The van der Waals surface area contributed by atoms with Crippen molar-refractivity contribution in [1.82, 2.24) is 5.32 Å². The Balaban J connectivity index is 0.00000112. The molecule has 2 nitrogen and oxygen atoms in total. The van der Waals surface area contributed by atoms with Crippen LogP contribution in [0.15, 0.2) is 24.3 Å². The molecule has 1 unspecified atom stereocenters. The van der Waals surface area contributed by atoms with Crippen LogP contribution in [0, 0.1) is 6.92 Å². The lowest BCUT2D eigenvalue weighted by Gasteiger charge is -2.11. The van der Waals surface area contributed by atoms with Crippen LogP contribution in [-0.2, 0) is 11.3 Å². The molecule has 2 rings (SSSR count). The van der Waals surface area contributed by atoms with E-state index in [4.69, 9.17) is 4.74 Å². The molecule has 0 aliphatic carbocycles. The third-order valence-corrected chi connectivity index (χ3v) is 2.75. The summed E-state index contributed by atoms with van der Waals surface area (Å²) in [5.41, 5.74) is 2.62. The van der Waals surface area contributed by atoms with Crippen molar-refractivity contribution < 1.29 is 4.74 Å². The van der Waals surface area contributed by atoms with Crippen molar-refractivity contribution in [2.45, 2.75) is 26.1 Å². The SMILES string of the molecule is Cc1ccccc1COC1CCNC1.Cl. The molecule has 0 amide bonds. The molecular formula is C12H18ClNO. The minimum Gasteiger partial charge on any atom is -0.372 e. The first-order valence-electron chi connectivity index (χ1n) is 5.23. The van der Waals surface area contributed by atoms with Crippen molar-refractivity contribution in [3.05, 3.63) is 35.4 Å². The van der Waals surface area contributed by atoms with E-state index in [9.17, 15) is 0 Å². The first-order chi connectivity index (χ1) is 6.86.